The number of carbonyl (C=O) groups excluding carboxylic acids is 2. The van der Waals surface area contributed by atoms with E-state index in [9.17, 15) is 9.59 Å². The van der Waals surface area contributed by atoms with Gasteiger partial charge in [-0.25, -0.2) is 4.98 Å². The zero-order valence-electron chi connectivity index (χ0n) is 11.8. The predicted molar refractivity (Wildman–Crippen MR) is 72.4 cm³/mol. The molecule has 1 aromatic rings. The smallest absolute Gasteiger partial charge is 0.263 e. The molecule has 104 valence electrons. The highest BCUT2D eigenvalue weighted by Gasteiger charge is 2.21. The third-order valence-electron chi connectivity index (χ3n) is 2.86. The first-order valence-electron chi connectivity index (χ1n) is 6.41. The Hall–Kier alpha value is -1.91. The molecule has 1 rings (SSSR count). The van der Waals surface area contributed by atoms with Crippen molar-refractivity contribution in [3.05, 3.63) is 23.5 Å². The molecular weight excluding hydrogens is 244 g/mol. The minimum absolute atomic E-state index is 0.0950. The van der Waals surface area contributed by atoms with Crippen molar-refractivity contribution in [1.29, 1.82) is 0 Å². The van der Waals surface area contributed by atoms with E-state index in [1.165, 1.54) is 0 Å². The van der Waals surface area contributed by atoms with Crippen LogP contribution in [0.1, 0.15) is 37.0 Å². The van der Waals surface area contributed by atoms with Crippen LogP contribution < -0.4 is 4.74 Å². The molecule has 0 bridgehead atoms. The van der Waals surface area contributed by atoms with Crippen LogP contribution in [0.25, 0.3) is 0 Å². The number of ether oxygens (including phenoxy) is 1. The van der Waals surface area contributed by atoms with Gasteiger partial charge in [0.15, 0.2) is 12.4 Å². The molecule has 0 saturated carbocycles. The molecule has 1 atom stereocenters. The standard InChI is InChI=1S/C14H20N2O3/c1-5-16(6-2)14(18)11(4)19-13-8-7-10(3)15-12(13)9-17/h7-9,11H,5-6H2,1-4H3. The van der Waals surface area contributed by atoms with Crippen LogP contribution in [0.15, 0.2) is 12.1 Å². The van der Waals surface area contributed by atoms with Gasteiger partial charge in [-0.15, -0.1) is 0 Å². The Balaban J connectivity index is 2.84. The summed E-state index contributed by atoms with van der Waals surface area (Å²) in [7, 11) is 0. The Morgan fingerprint density at radius 2 is 2.05 bits per heavy atom. The zero-order valence-corrected chi connectivity index (χ0v) is 11.8. The Labute approximate surface area is 113 Å². The summed E-state index contributed by atoms with van der Waals surface area (Å²) in [4.78, 5) is 28.8. The highest BCUT2D eigenvalue weighted by Crippen LogP contribution is 2.17. The van der Waals surface area contributed by atoms with E-state index < -0.39 is 6.10 Å². The number of aldehydes is 1. The first-order valence-corrected chi connectivity index (χ1v) is 6.41. The molecule has 1 aromatic heterocycles. The maximum Gasteiger partial charge on any atom is 0.263 e. The zero-order chi connectivity index (χ0) is 14.4. The van der Waals surface area contributed by atoms with Crippen molar-refractivity contribution >= 4 is 12.2 Å². The van der Waals surface area contributed by atoms with Gasteiger partial charge in [0.2, 0.25) is 0 Å². The molecule has 1 amide bonds. The number of rotatable bonds is 6. The highest BCUT2D eigenvalue weighted by atomic mass is 16.5. The molecule has 1 unspecified atom stereocenters. The van der Waals surface area contributed by atoms with Gasteiger partial charge in [0, 0.05) is 18.8 Å². The van der Waals surface area contributed by atoms with E-state index in [1.54, 1.807) is 30.9 Å². The van der Waals surface area contributed by atoms with Crippen molar-refractivity contribution in [2.75, 3.05) is 13.1 Å². The Morgan fingerprint density at radius 1 is 1.42 bits per heavy atom. The van der Waals surface area contributed by atoms with Crippen molar-refractivity contribution in [1.82, 2.24) is 9.88 Å². The fraction of sp³-hybridized carbons (Fsp3) is 0.500. The fourth-order valence-electron chi connectivity index (χ4n) is 1.78. The lowest BCUT2D eigenvalue weighted by Crippen LogP contribution is -2.40. The summed E-state index contributed by atoms with van der Waals surface area (Å²) < 4.78 is 5.55. The van der Waals surface area contributed by atoms with Gasteiger partial charge >= 0.3 is 0 Å². The lowest BCUT2D eigenvalue weighted by molar-refractivity contribution is -0.137. The van der Waals surface area contributed by atoms with E-state index in [2.05, 4.69) is 4.98 Å². The number of aryl methyl sites for hydroxylation is 1. The lowest BCUT2D eigenvalue weighted by atomic mass is 10.2. The van der Waals surface area contributed by atoms with Crippen LogP contribution in [0.3, 0.4) is 0 Å². The van der Waals surface area contributed by atoms with Crippen LogP contribution in [0, 0.1) is 6.92 Å². The first-order chi connectivity index (χ1) is 9.03. The Morgan fingerprint density at radius 3 is 2.58 bits per heavy atom. The topological polar surface area (TPSA) is 59.5 Å². The van der Waals surface area contributed by atoms with E-state index in [0.717, 1.165) is 5.69 Å². The van der Waals surface area contributed by atoms with Crippen molar-refractivity contribution in [3.8, 4) is 5.75 Å². The number of aromatic nitrogens is 1. The number of carbonyl (C=O) groups is 2. The van der Waals surface area contributed by atoms with Crippen LogP contribution in [0.2, 0.25) is 0 Å². The second kappa shape index (κ2) is 6.87. The third kappa shape index (κ3) is 3.77. The molecule has 0 aromatic carbocycles. The van der Waals surface area contributed by atoms with Gasteiger partial charge in [0.25, 0.3) is 5.91 Å². The van der Waals surface area contributed by atoms with Gasteiger partial charge in [-0.2, -0.15) is 0 Å². The van der Waals surface area contributed by atoms with Crippen molar-refractivity contribution in [3.63, 3.8) is 0 Å². The molecule has 19 heavy (non-hydrogen) atoms. The average Bonchev–Trinajstić information content (AvgIpc) is 2.41. The van der Waals surface area contributed by atoms with Gasteiger partial charge in [-0.3, -0.25) is 9.59 Å². The number of hydrogen-bond donors (Lipinski definition) is 0. The molecule has 0 fully saturated rings. The number of hydrogen-bond acceptors (Lipinski definition) is 4. The van der Waals surface area contributed by atoms with E-state index in [1.807, 2.05) is 13.8 Å². The monoisotopic (exact) mass is 264 g/mol. The molecular formula is C14H20N2O3. The van der Waals surface area contributed by atoms with Gasteiger partial charge in [-0.05, 0) is 39.8 Å². The van der Waals surface area contributed by atoms with E-state index >= 15 is 0 Å². The average molecular weight is 264 g/mol. The van der Waals surface area contributed by atoms with Crippen molar-refractivity contribution in [2.45, 2.75) is 33.8 Å². The summed E-state index contributed by atoms with van der Waals surface area (Å²) in [6.07, 6.45) is -0.000160. The summed E-state index contributed by atoms with van der Waals surface area (Å²) >= 11 is 0. The number of nitrogens with zero attached hydrogens (tertiary/aromatic N) is 2. The number of pyridine rings is 1. The SMILES string of the molecule is CCN(CC)C(=O)C(C)Oc1ccc(C)nc1C=O. The first kappa shape index (κ1) is 15.1. The molecule has 5 nitrogen and oxygen atoms in total. The summed E-state index contributed by atoms with van der Waals surface area (Å²) in [5.41, 5.74) is 0.955. The van der Waals surface area contributed by atoms with Gasteiger partial charge in [0.1, 0.15) is 11.4 Å². The minimum atomic E-state index is -0.636. The van der Waals surface area contributed by atoms with Crippen LogP contribution >= 0.6 is 0 Å². The molecule has 1 heterocycles. The Bertz CT molecular complexity index is 456. The summed E-state index contributed by atoms with van der Waals surface area (Å²) in [6, 6.07) is 3.41. The molecule has 0 saturated heterocycles. The summed E-state index contributed by atoms with van der Waals surface area (Å²) in [5.74, 6) is 0.246. The summed E-state index contributed by atoms with van der Waals surface area (Å²) in [6.45, 7) is 8.57. The third-order valence-corrected chi connectivity index (χ3v) is 2.86. The molecule has 0 aliphatic carbocycles. The van der Waals surface area contributed by atoms with E-state index in [-0.39, 0.29) is 11.6 Å². The van der Waals surface area contributed by atoms with Crippen LogP contribution in [0.5, 0.6) is 5.75 Å². The molecule has 0 N–H and O–H groups in total. The maximum absolute atomic E-state index is 12.1. The number of amides is 1. The second-order valence-electron chi connectivity index (χ2n) is 4.22. The highest BCUT2D eigenvalue weighted by molar-refractivity contribution is 5.81. The normalized spacial score (nSPS) is 11.8. The van der Waals surface area contributed by atoms with E-state index in [4.69, 9.17) is 4.74 Å². The predicted octanol–water partition coefficient (Wildman–Crippen LogP) is 1.84. The van der Waals surface area contributed by atoms with Gasteiger partial charge < -0.3 is 9.64 Å². The van der Waals surface area contributed by atoms with Crippen LogP contribution in [-0.2, 0) is 4.79 Å². The van der Waals surface area contributed by atoms with Gasteiger partial charge in [-0.1, -0.05) is 0 Å². The second-order valence-corrected chi connectivity index (χ2v) is 4.22. The van der Waals surface area contributed by atoms with E-state index in [0.29, 0.717) is 25.1 Å². The quantitative estimate of drug-likeness (QED) is 0.736. The fourth-order valence-corrected chi connectivity index (χ4v) is 1.78. The summed E-state index contributed by atoms with van der Waals surface area (Å²) in [5, 5.41) is 0. The number of likely N-dealkylation sites (N-methyl/N-ethyl adjacent to an activating group) is 1. The van der Waals surface area contributed by atoms with Crippen molar-refractivity contribution in [2.24, 2.45) is 0 Å². The van der Waals surface area contributed by atoms with Gasteiger partial charge in [0.05, 0.1) is 0 Å². The molecule has 5 heteroatoms. The van der Waals surface area contributed by atoms with Crippen molar-refractivity contribution < 1.29 is 14.3 Å². The molecule has 0 aliphatic heterocycles. The molecule has 0 radical (unpaired) electrons. The lowest BCUT2D eigenvalue weighted by Gasteiger charge is -2.23. The minimum Gasteiger partial charge on any atom is -0.478 e. The molecule has 0 spiro atoms. The maximum atomic E-state index is 12.1. The molecule has 0 aliphatic rings. The van der Waals surface area contributed by atoms with Crippen LogP contribution in [-0.4, -0.2) is 41.3 Å². The van der Waals surface area contributed by atoms with Crippen LogP contribution in [0.4, 0.5) is 0 Å². The largest absolute Gasteiger partial charge is 0.478 e. The Kier molecular flexibility index (Phi) is 5.48.